The molecule has 0 aliphatic heterocycles. The molecule has 162 valence electrons. The number of benzene rings is 2. The van der Waals surface area contributed by atoms with E-state index in [1.54, 1.807) is 12.1 Å². The number of carbonyl (C=O) groups is 2. The van der Waals surface area contributed by atoms with Gasteiger partial charge in [-0.2, -0.15) is 0 Å². The average Bonchev–Trinajstić information content (AvgIpc) is 2.73. The lowest BCUT2D eigenvalue weighted by Gasteiger charge is -2.14. The molecular weight excluding hydrogens is 450 g/mol. The fourth-order valence-corrected chi connectivity index (χ4v) is 3.46. The molecule has 10 heteroatoms. The molecule has 31 heavy (non-hydrogen) atoms. The molecule has 0 saturated carbocycles. The maximum atomic E-state index is 14.0. The van der Waals surface area contributed by atoms with Crippen molar-refractivity contribution < 1.29 is 29.0 Å². The van der Waals surface area contributed by atoms with Crippen LogP contribution in [0.1, 0.15) is 18.4 Å². The first-order valence-corrected chi connectivity index (χ1v) is 9.82. The van der Waals surface area contributed by atoms with E-state index >= 15 is 0 Å². The topological polar surface area (TPSA) is 108 Å². The van der Waals surface area contributed by atoms with E-state index in [1.165, 1.54) is 29.7 Å². The van der Waals surface area contributed by atoms with Gasteiger partial charge in [-0.25, -0.2) is 9.87 Å². The third-order valence-electron chi connectivity index (χ3n) is 4.41. The second-order valence-corrected chi connectivity index (χ2v) is 7.42. The van der Waals surface area contributed by atoms with Crippen LogP contribution < -0.4 is 15.5 Å². The number of amides is 2. The number of nitrogens with one attached hydrogen (secondary N) is 2. The molecule has 3 rings (SSSR count). The molecule has 0 spiro atoms. The number of phenolic OH excluding ortho intramolecular Hbond substituents is 1. The van der Waals surface area contributed by atoms with Gasteiger partial charge in [-0.1, -0.05) is 35.4 Å². The first kappa shape index (κ1) is 22.6. The van der Waals surface area contributed by atoms with Crippen molar-refractivity contribution in [2.24, 2.45) is 0 Å². The van der Waals surface area contributed by atoms with Gasteiger partial charge in [0, 0.05) is 24.1 Å². The number of carbonyl (C=O) groups excluding carboxylic acids is 2. The summed E-state index contributed by atoms with van der Waals surface area (Å²) in [6, 6.07) is 7.07. The zero-order chi connectivity index (χ0) is 22.5. The Hall–Kier alpha value is -3.07. The minimum atomic E-state index is -1.26. The quantitative estimate of drug-likeness (QED) is 0.280. The van der Waals surface area contributed by atoms with Crippen molar-refractivity contribution in [3.63, 3.8) is 0 Å². The van der Waals surface area contributed by atoms with E-state index in [4.69, 9.17) is 33.1 Å². The molecule has 4 N–H and O–H groups in total. The SMILES string of the molecule is O=C(NO)C(=O)Nc1cc(Cl)c(Oc2ccc(O)c(CC3=C(F)CCC=C3)c2)c(Cl)c1. The molecule has 7 nitrogen and oxygen atoms in total. The normalized spacial score (nSPS) is 13.2. The van der Waals surface area contributed by atoms with Gasteiger partial charge in [0.15, 0.2) is 5.75 Å². The van der Waals surface area contributed by atoms with Crippen LogP contribution in [0.2, 0.25) is 10.0 Å². The van der Waals surface area contributed by atoms with Gasteiger partial charge in [0.1, 0.15) is 17.3 Å². The Bertz CT molecular complexity index is 1080. The van der Waals surface area contributed by atoms with Crippen molar-refractivity contribution in [1.82, 2.24) is 5.48 Å². The number of hydrogen-bond acceptors (Lipinski definition) is 5. The summed E-state index contributed by atoms with van der Waals surface area (Å²) in [5, 5.41) is 20.9. The summed E-state index contributed by atoms with van der Waals surface area (Å²) in [5.74, 6) is -2.23. The van der Waals surface area contributed by atoms with E-state index < -0.39 is 11.8 Å². The zero-order valence-corrected chi connectivity index (χ0v) is 17.4. The van der Waals surface area contributed by atoms with Gasteiger partial charge in [-0.05, 0) is 42.3 Å². The van der Waals surface area contributed by atoms with Crippen LogP contribution in [-0.2, 0) is 16.0 Å². The Morgan fingerprint density at radius 3 is 2.48 bits per heavy atom. The maximum absolute atomic E-state index is 14.0. The molecule has 1 aliphatic carbocycles. The fourth-order valence-electron chi connectivity index (χ4n) is 2.90. The molecule has 0 radical (unpaired) electrons. The highest BCUT2D eigenvalue weighted by Crippen LogP contribution is 2.40. The van der Waals surface area contributed by atoms with E-state index in [0.717, 1.165) is 0 Å². The molecule has 0 fully saturated rings. The number of ether oxygens (including phenoxy) is 1. The van der Waals surface area contributed by atoms with Gasteiger partial charge >= 0.3 is 11.8 Å². The van der Waals surface area contributed by atoms with Gasteiger partial charge in [-0.3, -0.25) is 14.8 Å². The van der Waals surface area contributed by atoms with Gasteiger partial charge in [0.05, 0.1) is 10.0 Å². The standard InChI is InChI=1S/C21H17Cl2FN2O5/c22-15-9-13(25-20(28)21(29)26-30)10-16(23)19(15)31-14-5-6-18(27)12(8-14)7-11-3-1-2-4-17(11)24/h1,3,5-6,8-10,27,30H,2,4,7H2,(H,25,28)(H,26,29). The maximum Gasteiger partial charge on any atom is 0.332 e. The van der Waals surface area contributed by atoms with Crippen LogP contribution in [0.3, 0.4) is 0 Å². The van der Waals surface area contributed by atoms with E-state index in [2.05, 4.69) is 5.32 Å². The number of aromatic hydroxyl groups is 1. The summed E-state index contributed by atoms with van der Waals surface area (Å²) in [6.07, 6.45) is 4.73. The second-order valence-electron chi connectivity index (χ2n) is 6.60. The van der Waals surface area contributed by atoms with E-state index in [-0.39, 0.29) is 39.5 Å². The molecule has 2 aromatic rings. The van der Waals surface area contributed by atoms with E-state index in [9.17, 15) is 19.1 Å². The first-order chi connectivity index (χ1) is 14.8. The van der Waals surface area contributed by atoms with Gasteiger partial charge in [0.2, 0.25) is 0 Å². The minimum absolute atomic E-state index is 0.0102. The molecule has 0 aromatic heterocycles. The lowest BCUT2D eigenvalue weighted by molar-refractivity contribution is -0.141. The molecule has 0 atom stereocenters. The van der Waals surface area contributed by atoms with Crippen LogP contribution in [0.15, 0.2) is 53.9 Å². The number of hydrogen-bond donors (Lipinski definition) is 4. The highest BCUT2D eigenvalue weighted by molar-refractivity contribution is 6.40. The Labute approximate surface area is 186 Å². The highest BCUT2D eigenvalue weighted by atomic mass is 35.5. The predicted molar refractivity (Wildman–Crippen MR) is 113 cm³/mol. The summed E-state index contributed by atoms with van der Waals surface area (Å²) in [5.41, 5.74) is 2.26. The molecule has 0 saturated heterocycles. The van der Waals surface area contributed by atoms with Crippen LogP contribution in [0.25, 0.3) is 0 Å². The largest absolute Gasteiger partial charge is 0.508 e. The lowest BCUT2D eigenvalue weighted by Crippen LogP contribution is -2.33. The van der Waals surface area contributed by atoms with Crippen molar-refractivity contribution in [3.05, 3.63) is 69.5 Å². The van der Waals surface area contributed by atoms with Gasteiger partial charge in [0.25, 0.3) is 0 Å². The Morgan fingerprint density at radius 1 is 1.13 bits per heavy atom. The van der Waals surface area contributed by atoms with Crippen molar-refractivity contribution in [2.45, 2.75) is 19.3 Å². The number of halogens is 3. The van der Waals surface area contributed by atoms with Crippen LogP contribution in [0.4, 0.5) is 10.1 Å². The summed E-state index contributed by atoms with van der Waals surface area (Å²) in [4.78, 5) is 22.6. The smallest absolute Gasteiger partial charge is 0.332 e. The number of anilines is 1. The fraction of sp³-hybridized carbons (Fsp3) is 0.143. The third-order valence-corrected chi connectivity index (χ3v) is 4.98. The number of allylic oxidation sites excluding steroid dienone is 4. The molecule has 0 unspecified atom stereocenters. The summed E-state index contributed by atoms with van der Waals surface area (Å²) in [7, 11) is 0. The highest BCUT2D eigenvalue weighted by Gasteiger charge is 2.17. The van der Waals surface area contributed by atoms with Crippen LogP contribution in [0, 0.1) is 0 Å². The van der Waals surface area contributed by atoms with Gasteiger partial charge < -0.3 is 15.2 Å². The third kappa shape index (κ3) is 5.55. The molecule has 1 aliphatic rings. The summed E-state index contributed by atoms with van der Waals surface area (Å²) in [6.45, 7) is 0. The van der Waals surface area contributed by atoms with Crippen LogP contribution >= 0.6 is 23.2 Å². The Balaban J connectivity index is 1.81. The number of hydroxylamine groups is 1. The minimum Gasteiger partial charge on any atom is -0.508 e. The van der Waals surface area contributed by atoms with E-state index in [0.29, 0.717) is 29.7 Å². The first-order valence-electron chi connectivity index (χ1n) is 9.06. The van der Waals surface area contributed by atoms with Crippen LogP contribution in [0.5, 0.6) is 17.2 Å². The molecule has 2 aromatic carbocycles. The molecule has 2 amide bonds. The van der Waals surface area contributed by atoms with E-state index in [1.807, 2.05) is 6.08 Å². The molecule has 0 heterocycles. The van der Waals surface area contributed by atoms with Crippen molar-refractivity contribution in [3.8, 4) is 17.2 Å². The Kier molecular flexibility index (Phi) is 7.17. The molecular formula is C21H17Cl2FN2O5. The van der Waals surface area contributed by atoms with Gasteiger partial charge in [-0.15, -0.1) is 0 Å². The predicted octanol–water partition coefficient (Wildman–Crippen LogP) is 5.05. The summed E-state index contributed by atoms with van der Waals surface area (Å²) >= 11 is 12.4. The lowest BCUT2D eigenvalue weighted by atomic mass is 9.98. The Morgan fingerprint density at radius 2 is 1.84 bits per heavy atom. The number of phenols is 1. The van der Waals surface area contributed by atoms with Crippen molar-refractivity contribution in [2.75, 3.05) is 5.32 Å². The number of rotatable bonds is 5. The van der Waals surface area contributed by atoms with Crippen molar-refractivity contribution >= 4 is 40.7 Å². The monoisotopic (exact) mass is 466 g/mol. The summed E-state index contributed by atoms with van der Waals surface area (Å²) < 4.78 is 19.8. The molecule has 0 bridgehead atoms. The zero-order valence-electron chi connectivity index (χ0n) is 15.9. The second kappa shape index (κ2) is 9.82. The average molecular weight is 467 g/mol. The van der Waals surface area contributed by atoms with Crippen LogP contribution in [-0.4, -0.2) is 22.1 Å². The van der Waals surface area contributed by atoms with Crippen molar-refractivity contribution in [1.29, 1.82) is 0 Å².